The molecule has 3 aliphatic heterocycles. The van der Waals surface area contributed by atoms with Crippen LogP contribution in [0.3, 0.4) is 0 Å². The van der Waals surface area contributed by atoms with E-state index in [4.69, 9.17) is 28.4 Å². The summed E-state index contributed by atoms with van der Waals surface area (Å²) in [5.74, 6) is -4.77. The average Bonchev–Trinajstić information content (AvgIpc) is 3.14. The number of nitrogens with one attached hydrogen (secondary N) is 2. The van der Waals surface area contributed by atoms with Gasteiger partial charge < -0.3 is 105 Å². The van der Waals surface area contributed by atoms with Crippen molar-refractivity contribution in [2.75, 3.05) is 19.8 Å². The van der Waals surface area contributed by atoms with Gasteiger partial charge in [-0.25, -0.2) is 4.79 Å². The minimum absolute atomic E-state index is 0.703. The van der Waals surface area contributed by atoms with Crippen molar-refractivity contribution in [2.45, 2.75) is 156 Å². The van der Waals surface area contributed by atoms with Crippen LogP contribution in [-0.4, -0.2) is 226 Å². The van der Waals surface area contributed by atoms with Crippen LogP contribution in [0.2, 0.25) is 0 Å². The zero-order chi connectivity index (χ0) is 42.0. The molecule has 0 aromatic carbocycles. The predicted molar refractivity (Wildman–Crippen MR) is 176 cm³/mol. The van der Waals surface area contributed by atoms with Crippen LogP contribution in [0, 0.1) is 5.92 Å². The van der Waals surface area contributed by atoms with E-state index in [9.17, 15) is 80.8 Å². The molecule has 0 aromatic rings. The molecule has 0 aromatic heterocycles. The summed E-state index contributed by atoms with van der Waals surface area (Å²) in [5, 5.41) is 142. The van der Waals surface area contributed by atoms with Gasteiger partial charge in [-0.3, -0.25) is 9.59 Å². The van der Waals surface area contributed by atoms with E-state index in [2.05, 4.69) is 10.6 Å². The first kappa shape index (κ1) is 46.4. The van der Waals surface area contributed by atoms with Crippen molar-refractivity contribution in [3.63, 3.8) is 0 Å². The van der Waals surface area contributed by atoms with E-state index < -0.39 is 178 Å². The Labute approximate surface area is 319 Å². The summed E-state index contributed by atoms with van der Waals surface area (Å²) in [6, 6.07) is -2.98. The molecule has 15 N–H and O–H groups in total. The first-order chi connectivity index (χ1) is 26.2. The number of aliphatic carboxylic acids is 1. The Kier molecular flexibility index (Phi) is 15.9. The van der Waals surface area contributed by atoms with Crippen LogP contribution < -0.4 is 10.6 Å². The summed E-state index contributed by atoms with van der Waals surface area (Å²) in [6.45, 7) is 0.501. The number of rotatable bonds is 14. The molecule has 21 atom stereocenters. The third-order valence-electron chi connectivity index (χ3n) is 10.5. The molecule has 4 aliphatic rings. The van der Waals surface area contributed by atoms with Gasteiger partial charge in [-0.2, -0.15) is 0 Å². The van der Waals surface area contributed by atoms with Crippen LogP contribution in [0.5, 0.6) is 0 Å². The van der Waals surface area contributed by atoms with E-state index in [1.807, 2.05) is 0 Å². The summed E-state index contributed by atoms with van der Waals surface area (Å²) in [4.78, 5) is 37.2. The Morgan fingerprint density at radius 3 is 1.84 bits per heavy atom. The summed E-state index contributed by atoms with van der Waals surface area (Å²) in [7, 11) is 0. The Balaban J connectivity index is 1.71. The SMILES string of the molecule is CC(=O)NC1C(O)OC(CO)C(OC2OC(CO)C(O)C(OC3(C(=O)O)CC(O)C(NC(C)=O)C([C@H](O)C(O)CO)C3)C2O)C1OC1OC(C)C(O)C(O)C1O. The van der Waals surface area contributed by atoms with E-state index in [0.717, 1.165) is 13.8 Å². The van der Waals surface area contributed by atoms with Crippen LogP contribution in [0.4, 0.5) is 0 Å². The van der Waals surface area contributed by atoms with Crippen molar-refractivity contribution >= 4 is 17.8 Å². The second kappa shape index (κ2) is 19.2. The highest BCUT2D eigenvalue weighted by molar-refractivity contribution is 5.78. The molecule has 2 amide bonds. The number of ether oxygens (including phenoxy) is 6. The predicted octanol–water partition coefficient (Wildman–Crippen LogP) is -8.56. The average molecular weight is 819 g/mol. The lowest BCUT2D eigenvalue weighted by atomic mass is 9.70. The fourth-order valence-corrected chi connectivity index (χ4v) is 7.61. The molecule has 0 bridgehead atoms. The minimum atomic E-state index is -2.62. The summed E-state index contributed by atoms with van der Waals surface area (Å²) >= 11 is 0. The highest BCUT2D eigenvalue weighted by atomic mass is 16.8. The lowest BCUT2D eigenvalue weighted by Gasteiger charge is -2.51. The molecule has 324 valence electrons. The monoisotopic (exact) mass is 818 g/mol. The van der Waals surface area contributed by atoms with Gasteiger partial charge in [0.25, 0.3) is 0 Å². The zero-order valence-corrected chi connectivity index (χ0v) is 30.6. The number of hydrogen-bond donors (Lipinski definition) is 15. The number of carboxylic acid groups (broad SMARTS) is 1. The third kappa shape index (κ3) is 9.75. The van der Waals surface area contributed by atoms with Gasteiger partial charge in [0.05, 0.1) is 44.2 Å². The number of amides is 2. The van der Waals surface area contributed by atoms with Gasteiger partial charge in [0.1, 0.15) is 73.2 Å². The van der Waals surface area contributed by atoms with Gasteiger partial charge in [0.15, 0.2) is 24.5 Å². The largest absolute Gasteiger partial charge is 0.479 e. The van der Waals surface area contributed by atoms with Gasteiger partial charge in [-0.05, 0) is 13.3 Å². The molecule has 20 unspecified atom stereocenters. The first-order valence-corrected chi connectivity index (χ1v) is 17.9. The van der Waals surface area contributed by atoms with E-state index in [1.165, 1.54) is 6.92 Å². The molecular weight excluding hydrogens is 764 g/mol. The van der Waals surface area contributed by atoms with Gasteiger partial charge in [-0.15, -0.1) is 0 Å². The fraction of sp³-hybridized carbons (Fsp3) is 0.906. The number of aliphatic hydroxyl groups is 12. The number of carboxylic acids is 1. The molecule has 24 nitrogen and oxygen atoms in total. The number of carbonyl (C=O) groups excluding carboxylic acids is 2. The third-order valence-corrected chi connectivity index (χ3v) is 10.5. The Bertz CT molecular complexity index is 1330. The van der Waals surface area contributed by atoms with Gasteiger partial charge in [0, 0.05) is 26.2 Å². The Morgan fingerprint density at radius 2 is 1.29 bits per heavy atom. The number of aliphatic hydroxyl groups excluding tert-OH is 12. The highest BCUT2D eigenvalue weighted by Crippen LogP contribution is 2.42. The van der Waals surface area contributed by atoms with Crippen LogP contribution in [0.25, 0.3) is 0 Å². The lowest BCUT2D eigenvalue weighted by molar-refractivity contribution is -0.375. The molecule has 3 saturated heterocycles. The summed E-state index contributed by atoms with van der Waals surface area (Å²) in [5.41, 5.74) is -2.62. The second-order valence-corrected chi connectivity index (χ2v) is 14.6. The maximum absolute atomic E-state index is 13.0. The highest BCUT2D eigenvalue weighted by Gasteiger charge is 2.59. The van der Waals surface area contributed by atoms with Crippen LogP contribution >= 0.6 is 0 Å². The molecule has 1 aliphatic carbocycles. The van der Waals surface area contributed by atoms with Crippen molar-refractivity contribution in [3.8, 4) is 0 Å². The van der Waals surface area contributed by atoms with Gasteiger partial charge in [-0.1, -0.05) is 0 Å². The first-order valence-electron chi connectivity index (χ1n) is 17.9. The normalized spacial score (nSPS) is 45.7. The van der Waals surface area contributed by atoms with Gasteiger partial charge >= 0.3 is 5.97 Å². The maximum Gasteiger partial charge on any atom is 0.336 e. The molecule has 24 heteroatoms. The van der Waals surface area contributed by atoms with Crippen molar-refractivity contribution in [2.24, 2.45) is 5.92 Å². The second-order valence-electron chi connectivity index (χ2n) is 14.6. The van der Waals surface area contributed by atoms with Crippen LogP contribution in [0.1, 0.15) is 33.6 Å². The lowest BCUT2D eigenvalue weighted by Crippen LogP contribution is -2.70. The van der Waals surface area contributed by atoms with Crippen molar-refractivity contribution in [1.82, 2.24) is 10.6 Å². The standard InChI is InChI=1S/C32H54N2O22/c1-9-19(42)22(45)23(46)29(51-9)55-26-18(34-11(3)39)28(48)52-16(8-37)25(26)54-30-24(47)27(21(44)15(7-36)53-30)56-32(31(49)50)4-12(20(43)14(41)6-35)17(13(40)5-32)33-10(2)38/h9,12-30,35-37,40-48H,4-8H2,1-3H3,(H,33,38)(H,34,39)(H,49,50)/t9?,12?,13?,14?,15?,16?,17?,18?,19?,20-,21?,22?,23?,24?,25?,26?,27?,28?,29?,30?,32?/m0/s1. The van der Waals surface area contributed by atoms with E-state index in [-0.39, 0.29) is 0 Å². The summed E-state index contributed by atoms with van der Waals surface area (Å²) in [6.07, 6.45) is -32.7. The minimum Gasteiger partial charge on any atom is -0.479 e. The number of carbonyl (C=O) groups is 3. The van der Waals surface area contributed by atoms with E-state index in [1.54, 1.807) is 0 Å². The van der Waals surface area contributed by atoms with Crippen molar-refractivity contribution in [1.29, 1.82) is 0 Å². The molecule has 4 rings (SSSR count). The molecule has 0 spiro atoms. The zero-order valence-electron chi connectivity index (χ0n) is 30.6. The Morgan fingerprint density at radius 1 is 0.714 bits per heavy atom. The van der Waals surface area contributed by atoms with Crippen LogP contribution in [-0.2, 0) is 42.8 Å². The molecular formula is C32H54N2O22. The topological polar surface area (TPSA) is 394 Å². The molecule has 0 radical (unpaired) electrons. The van der Waals surface area contributed by atoms with Crippen LogP contribution in [0.15, 0.2) is 0 Å². The van der Waals surface area contributed by atoms with E-state index >= 15 is 0 Å². The van der Waals surface area contributed by atoms with Crippen molar-refractivity contribution in [3.05, 3.63) is 0 Å². The molecule has 56 heavy (non-hydrogen) atoms. The molecule has 4 fully saturated rings. The fourth-order valence-electron chi connectivity index (χ4n) is 7.61. The molecule has 1 saturated carbocycles. The molecule has 3 heterocycles. The van der Waals surface area contributed by atoms with Gasteiger partial charge in [0.2, 0.25) is 11.8 Å². The Hall–Kier alpha value is -2.31. The quantitative estimate of drug-likeness (QED) is 0.0774. The number of hydrogen-bond acceptors (Lipinski definition) is 21. The van der Waals surface area contributed by atoms with E-state index in [0.29, 0.717) is 0 Å². The van der Waals surface area contributed by atoms with Crippen molar-refractivity contribution < 1.29 is 109 Å². The summed E-state index contributed by atoms with van der Waals surface area (Å²) < 4.78 is 34.4. The smallest absolute Gasteiger partial charge is 0.336 e. The maximum atomic E-state index is 13.0.